The molecule has 0 fully saturated rings. The van der Waals surface area contributed by atoms with Crippen LogP contribution in [0.5, 0.6) is 0 Å². The fraction of sp³-hybridized carbons (Fsp3) is 0.167. The quantitative estimate of drug-likeness (QED) is 0.727. The monoisotopic (exact) mass is 357 g/mol. The van der Waals surface area contributed by atoms with E-state index in [0.29, 0.717) is 6.54 Å². The Kier molecular flexibility index (Phi) is 4.61. The van der Waals surface area contributed by atoms with Crippen LogP contribution in [-0.2, 0) is 34.8 Å². The van der Waals surface area contributed by atoms with Crippen molar-refractivity contribution in [3.05, 3.63) is 65.9 Å². The minimum absolute atomic E-state index is 0.0540. The highest BCUT2D eigenvalue weighted by molar-refractivity contribution is 7.89. The molecular weight excluding hydrogens is 338 g/mol. The number of para-hydroxylation sites is 1. The molecule has 0 aliphatic rings. The molecular formula is C18H19N3O3S. The van der Waals surface area contributed by atoms with Crippen LogP contribution >= 0.6 is 0 Å². The Morgan fingerprint density at radius 3 is 2.48 bits per heavy atom. The number of hydrogen-bond acceptors (Lipinski definition) is 3. The zero-order chi connectivity index (χ0) is 18.0. The van der Waals surface area contributed by atoms with Gasteiger partial charge in [-0.05, 0) is 29.3 Å². The normalized spacial score (nSPS) is 11.6. The second kappa shape index (κ2) is 6.70. The van der Waals surface area contributed by atoms with Gasteiger partial charge in [-0.25, -0.2) is 13.6 Å². The van der Waals surface area contributed by atoms with Crippen molar-refractivity contribution in [2.75, 3.05) is 0 Å². The first-order valence-corrected chi connectivity index (χ1v) is 9.30. The van der Waals surface area contributed by atoms with Gasteiger partial charge in [0, 0.05) is 30.7 Å². The average molecular weight is 357 g/mol. The van der Waals surface area contributed by atoms with Gasteiger partial charge < -0.3 is 9.88 Å². The SMILES string of the molecule is Cn1cc(CC(=O)NCc2ccc(S(N)(=O)=O)cc2)c2ccccc21. The third-order valence-electron chi connectivity index (χ3n) is 4.07. The number of sulfonamides is 1. The average Bonchev–Trinajstić information content (AvgIpc) is 2.89. The molecule has 0 saturated heterocycles. The molecule has 0 radical (unpaired) electrons. The number of primary sulfonamides is 1. The molecule has 1 aromatic heterocycles. The van der Waals surface area contributed by atoms with Gasteiger partial charge in [0.05, 0.1) is 11.3 Å². The van der Waals surface area contributed by atoms with Crippen molar-refractivity contribution >= 4 is 26.8 Å². The zero-order valence-electron chi connectivity index (χ0n) is 13.8. The fourth-order valence-electron chi connectivity index (χ4n) is 2.80. The summed E-state index contributed by atoms with van der Waals surface area (Å²) in [4.78, 5) is 12.3. The molecule has 0 bridgehead atoms. The van der Waals surface area contributed by atoms with Gasteiger partial charge in [0.2, 0.25) is 15.9 Å². The third kappa shape index (κ3) is 3.89. The van der Waals surface area contributed by atoms with Crippen LogP contribution in [0.15, 0.2) is 59.6 Å². The molecule has 130 valence electrons. The first kappa shape index (κ1) is 17.2. The fourth-order valence-corrected chi connectivity index (χ4v) is 3.31. The molecule has 0 spiro atoms. The topological polar surface area (TPSA) is 94.2 Å². The van der Waals surface area contributed by atoms with Gasteiger partial charge in [-0.2, -0.15) is 0 Å². The largest absolute Gasteiger partial charge is 0.352 e. The maximum absolute atomic E-state index is 12.2. The Labute approximate surface area is 146 Å². The Hall–Kier alpha value is -2.64. The van der Waals surface area contributed by atoms with Crippen LogP contribution in [0.3, 0.4) is 0 Å². The molecule has 0 atom stereocenters. The van der Waals surface area contributed by atoms with Crippen molar-refractivity contribution in [2.24, 2.45) is 12.2 Å². The van der Waals surface area contributed by atoms with Crippen LogP contribution in [0.1, 0.15) is 11.1 Å². The van der Waals surface area contributed by atoms with Crippen molar-refractivity contribution in [2.45, 2.75) is 17.9 Å². The summed E-state index contributed by atoms with van der Waals surface area (Å²) in [6.07, 6.45) is 2.25. The molecule has 0 aliphatic heterocycles. The zero-order valence-corrected chi connectivity index (χ0v) is 14.6. The number of rotatable bonds is 5. The number of benzene rings is 2. The number of hydrogen-bond donors (Lipinski definition) is 2. The summed E-state index contributed by atoms with van der Waals surface area (Å²) in [5.74, 6) is -0.0909. The van der Waals surface area contributed by atoms with Crippen molar-refractivity contribution < 1.29 is 13.2 Å². The summed E-state index contributed by atoms with van der Waals surface area (Å²) in [6, 6.07) is 14.1. The number of aromatic nitrogens is 1. The second-order valence-corrected chi connectivity index (χ2v) is 7.49. The molecule has 0 unspecified atom stereocenters. The predicted octanol–water partition coefficient (Wildman–Crippen LogP) is 1.68. The maximum atomic E-state index is 12.2. The number of nitrogens with two attached hydrogens (primary N) is 1. The highest BCUT2D eigenvalue weighted by atomic mass is 32.2. The van der Waals surface area contributed by atoms with Gasteiger partial charge in [-0.3, -0.25) is 4.79 Å². The minimum atomic E-state index is -3.70. The van der Waals surface area contributed by atoms with Gasteiger partial charge >= 0.3 is 0 Å². The van der Waals surface area contributed by atoms with E-state index in [1.165, 1.54) is 12.1 Å². The Balaban J connectivity index is 1.65. The van der Waals surface area contributed by atoms with Crippen LogP contribution in [0.4, 0.5) is 0 Å². The number of nitrogens with zero attached hydrogens (tertiary/aromatic N) is 1. The van der Waals surface area contributed by atoms with E-state index >= 15 is 0 Å². The van der Waals surface area contributed by atoms with Gasteiger partial charge in [0.15, 0.2) is 0 Å². The summed E-state index contributed by atoms with van der Waals surface area (Å²) >= 11 is 0. The molecule has 6 nitrogen and oxygen atoms in total. The standard InChI is InChI=1S/C18H19N3O3S/c1-21-12-14(16-4-2-3-5-17(16)21)10-18(22)20-11-13-6-8-15(9-7-13)25(19,23)24/h2-9,12H,10-11H2,1H3,(H,20,22)(H2,19,23,24). The molecule has 3 rings (SSSR count). The van der Waals surface area contributed by atoms with E-state index in [1.54, 1.807) is 12.1 Å². The molecule has 2 aromatic carbocycles. The molecule has 1 heterocycles. The number of carbonyl (C=O) groups excluding carboxylic acids is 1. The van der Waals surface area contributed by atoms with Crippen molar-refractivity contribution in [3.8, 4) is 0 Å². The van der Waals surface area contributed by atoms with Gasteiger partial charge in [0.25, 0.3) is 0 Å². The number of amides is 1. The maximum Gasteiger partial charge on any atom is 0.238 e. The van der Waals surface area contributed by atoms with E-state index in [9.17, 15) is 13.2 Å². The Morgan fingerprint density at radius 2 is 1.80 bits per heavy atom. The molecule has 7 heteroatoms. The Bertz CT molecular complexity index is 1020. The van der Waals surface area contributed by atoms with Gasteiger partial charge in [0.1, 0.15) is 0 Å². The van der Waals surface area contributed by atoms with Crippen molar-refractivity contribution in [1.82, 2.24) is 9.88 Å². The smallest absolute Gasteiger partial charge is 0.238 e. The lowest BCUT2D eigenvalue weighted by Crippen LogP contribution is -2.24. The van der Waals surface area contributed by atoms with Crippen molar-refractivity contribution in [3.63, 3.8) is 0 Å². The van der Waals surface area contributed by atoms with Crippen molar-refractivity contribution in [1.29, 1.82) is 0 Å². The highest BCUT2D eigenvalue weighted by Gasteiger charge is 2.11. The molecule has 25 heavy (non-hydrogen) atoms. The molecule has 1 amide bonds. The summed E-state index contributed by atoms with van der Waals surface area (Å²) < 4.78 is 24.5. The third-order valence-corrected chi connectivity index (χ3v) is 5.00. The van der Waals surface area contributed by atoms with E-state index in [0.717, 1.165) is 22.0 Å². The van der Waals surface area contributed by atoms with Gasteiger partial charge in [-0.15, -0.1) is 0 Å². The number of carbonyl (C=O) groups is 1. The number of aryl methyl sites for hydroxylation is 1. The molecule has 0 aliphatic carbocycles. The summed E-state index contributed by atoms with van der Waals surface area (Å²) in [5, 5.41) is 8.98. The van der Waals surface area contributed by atoms with E-state index in [1.807, 2.05) is 42.1 Å². The first-order valence-electron chi connectivity index (χ1n) is 7.76. The summed E-state index contributed by atoms with van der Waals surface area (Å²) in [7, 11) is -1.74. The lowest BCUT2D eigenvalue weighted by molar-refractivity contribution is -0.120. The molecule has 3 aromatic rings. The van der Waals surface area contributed by atoms with Crippen LogP contribution < -0.4 is 10.5 Å². The van der Waals surface area contributed by atoms with E-state index in [2.05, 4.69) is 5.32 Å². The van der Waals surface area contributed by atoms with E-state index in [-0.39, 0.29) is 17.2 Å². The Morgan fingerprint density at radius 1 is 1.12 bits per heavy atom. The van der Waals surface area contributed by atoms with Crippen LogP contribution in [0.2, 0.25) is 0 Å². The van der Waals surface area contributed by atoms with Crippen LogP contribution in [0.25, 0.3) is 10.9 Å². The first-order chi connectivity index (χ1) is 11.8. The predicted molar refractivity (Wildman–Crippen MR) is 96.3 cm³/mol. The number of nitrogens with one attached hydrogen (secondary N) is 1. The minimum Gasteiger partial charge on any atom is -0.352 e. The van der Waals surface area contributed by atoms with Crippen LogP contribution in [-0.4, -0.2) is 18.9 Å². The lowest BCUT2D eigenvalue weighted by Gasteiger charge is -2.06. The lowest BCUT2D eigenvalue weighted by atomic mass is 10.1. The number of fused-ring (bicyclic) bond motifs is 1. The highest BCUT2D eigenvalue weighted by Crippen LogP contribution is 2.20. The van der Waals surface area contributed by atoms with Crippen LogP contribution in [0, 0.1) is 0 Å². The van der Waals surface area contributed by atoms with Gasteiger partial charge in [-0.1, -0.05) is 30.3 Å². The molecule has 0 saturated carbocycles. The van der Waals surface area contributed by atoms with E-state index < -0.39 is 10.0 Å². The molecule has 3 N–H and O–H groups in total. The summed E-state index contributed by atoms with van der Waals surface area (Å²) in [6.45, 7) is 0.328. The van der Waals surface area contributed by atoms with E-state index in [4.69, 9.17) is 5.14 Å². The second-order valence-electron chi connectivity index (χ2n) is 5.92. The summed E-state index contributed by atoms with van der Waals surface area (Å²) in [5.41, 5.74) is 2.86.